The van der Waals surface area contributed by atoms with Gasteiger partial charge >= 0.3 is 0 Å². The maximum absolute atomic E-state index is 13.4. The summed E-state index contributed by atoms with van der Waals surface area (Å²) in [6, 6.07) is 2.41. The molecule has 0 aliphatic heterocycles. The Labute approximate surface area is 95.3 Å². The highest BCUT2D eigenvalue weighted by atomic mass is 35.5. The van der Waals surface area contributed by atoms with Crippen LogP contribution in [-0.4, -0.2) is 0 Å². The van der Waals surface area contributed by atoms with E-state index in [2.05, 4.69) is 0 Å². The summed E-state index contributed by atoms with van der Waals surface area (Å²) in [7, 11) is 0. The lowest BCUT2D eigenvalue weighted by Gasteiger charge is -2.20. The van der Waals surface area contributed by atoms with Crippen molar-refractivity contribution in [1.82, 2.24) is 0 Å². The van der Waals surface area contributed by atoms with Gasteiger partial charge in [0.15, 0.2) is 0 Å². The monoisotopic (exact) mass is 234 g/mol. The Morgan fingerprint density at radius 1 is 1.07 bits per heavy atom. The van der Waals surface area contributed by atoms with Gasteiger partial charge in [0.2, 0.25) is 0 Å². The SMILES string of the molecule is CC.CC(C)(C)c1c(F)ccc(Cl)c1F. The van der Waals surface area contributed by atoms with Gasteiger partial charge < -0.3 is 0 Å². The van der Waals surface area contributed by atoms with E-state index < -0.39 is 17.0 Å². The van der Waals surface area contributed by atoms with Crippen molar-refractivity contribution in [2.75, 3.05) is 0 Å². The third-order valence-electron chi connectivity index (χ3n) is 1.79. The molecule has 0 aromatic heterocycles. The average molecular weight is 235 g/mol. The molecule has 1 aromatic carbocycles. The third kappa shape index (κ3) is 3.45. The van der Waals surface area contributed by atoms with E-state index in [4.69, 9.17) is 11.6 Å². The van der Waals surface area contributed by atoms with Crippen LogP contribution in [0.3, 0.4) is 0 Å². The lowest BCUT2D eigenvalue weighted by atomic mass is 9.86. The molecule has 0 atom stereocenters. The number of hydrogen-bond donors (Lipinski definition) is 0. The molecule has 0 aliphatic carbocycles. The van der Waals surface area contributed by atoms with Crippen molar-refractivity contribution in [3.05, 3.63) is 34.4 Å². The Hall–Kier alpha value is -0.630. The van der Waals surface area contributed by atoms with Crippen LogP contribution in [0.5, 0.6) is 0 Å². The molecule has 0 radical (unpaired) electrons. The second-order valence-corrected chi connectivity index (χ2v) is 4.38. The first-order valence-electron chi connectivity index (χ1n) is 4.98. The Kier molecular flexibility index (Phi) is 5.22. The zero-order chi connectivity index (χ0) is 12.2. The molecular formula is C12H17ClF2. The summed E-state index contributed by atoms with van der Waals surface area (Å²) in [5, 5.41) is -0.0358. The first-order chi connectivity index (χ1) is 6.84. The molecule has 0 N–H and O–H groups in total. The van der Waals surface area contributed by atoms with Crippen molar-refractivity contribution in [3.63, 3.8) is 0 Å². The second kappa shape index (κ2) is 5.45. The maximum atomic E-state index is 13.4. The molecule has 0 amide bonds. The fraction of sp³-hybridized carbons (Fsp3) is 0.500. The van der Waals surface area contributed by atoms with Crippen LogP contribution in [-0.2, 0) is 5.41 Å². The average Bonchev–Trinajstić information content (AvgIpc) is 2.13. The quantitative estimate of drug-likeness (QED) is 0.558. The van der Waals surface area contributed by atoms with Crippen LogP contribution in [0.15, 0.2) is 12.1 Å². The summed E-state index contributed by atoms with van der Waals surface area (Å²) in [6.07, 6.45) is 0. The Balaban J connectivity index is 0.000000921. The summed E-state index contributed by atoms with van der Waals surface area (Å²) < 4.78 is 26.6. The largest absolute Gasteiger partial charge is 0.207 e. The number of rotatable bonds is 0. The van der Waals surface area contributed by atoms with Crippen molar-refractivity contribution in [2.24, 2.45) is 0 Å². The zero-order valence-electron chi connectivity index (χ0n) is 9.79. The first-order valence-corrected chi connectivity index (χ1v) is 5.36. The summed E-state index contributed by atoms with van der Waals surface area (Å²) in [6.45, 7) is 9.22. The molecule has 3 heteroatoms. The van der Waals surface area contributed by atoms with E-state index in [1.165, 1.54) is 12.1 Å². The van der Waals surface area contributed by atoms with Crippen LogP contribution in [0.25, 0.3) is 0 Å². The summed E-state index contributed by atoms with van der Waals surface area (Å²) in [5.41, 5.74) is -0.529. The highest BCUT2D eigenvalue weighted by molar-refractivity contribution is 6.30. The van der Waals surface area contributed by atoms with E-state index in [9.17, 15) is 8.78 Å². The van der Waals surface area contributed by atoms with Crippen LogP contribution >= 0.6 is 11.6 Å². The molecule has 15 heavy (non-hydrogen) atoms. The first kappa shape index (κ1) is 14.4. The Bertz CT molecular complexity index is 327. The van der Waals surface area contributed by atoms with E-state index in [1.54, 1.807) is 20.8 Å². The van der Waals surface area contributed by atoms with Gasteiger partial charge in [-0.15, -0.1) is 0 Å². The lowest BCUT2D eigenvalue weighted by molar-refractivity contribution is 0.476. The Morgan fingerprint density at radius 2 is 1.53 bits per heavy atom. The highest BCUT2D eigenvalue weighted by Crippen LogP contribution is 2.31. The van der Waals surface area contributed by atoms with Gasteiger partial charge in [0.05, 0.1) is 5.02 Å². The fourth-order valence-electron chi connectivity index (χ4n) is 1.21. The topological polar surface area (TPSA) is 0 Å². The minimum absolute atomic E-state index is 0.0358. The smallest absolute Gasteiger partial charge is 0.148 e. The van der Waals surface area contributed by atoms with Gasteiger partial charge in [-0.1, -0.05) is 46.2 Å². The van der Waals surface area contributed by atoms with Gasteiger partial charge in [-0.3, -0.25) is 0 Å². The van der Waals surface area contributed by atoms with Crippen molar-refractivity contribution >= 4 is 11.6 Å². The van der Waals surface area contributed by atoms with Gasteiger partial charge in [0.25, 0.3) is 0 Å². The van der Waals surface area contributed by atoms with Crippen LogP contribution in [0.1, 0.15) is 40.2 Å². The molecule has 0 aliphatic rings. The zero-order valence-corrected chi connectivity index (χ0v) is 10.5. The van der Waals surface area contributed by atoms with Crippen LogP contribution in [0.2, 0.25) is 5.02 Å². The van der Waals surface area contributed by atoms with Crippen molar-refractivity contribution in [3.8, 4) is 0 Å². The van der Waals surface area contributed by atoms with E-state index in [0.717, 1.165) is 0 Å². The number of benzene rings is 1. The lowest BCUT2D eigenvalue weighted by Crippen LogP contribution is -2.16. The van der Waals surface area contributed by atoms with Gasteiger partial charge in [-0.2, -0.15) is 0 Å². The molecule has 0 fully saturated rings. The van der Waals surface area contributed by atoms with Gasteiger partial charge in [0.1, 0.15) is 11.6 Å². The van der Waals surface area contributed by atoms with Crippen LogP contribution < -0.4 is 0 Å². The van der Waals surface area contributed by atoms with Gasteiger partial charge in [-0.05, 0) is 17.5 Å². The molecular weight excluding hydrogens is 218 g/mol. The molecule has 86 valence electrons. The summed E-state index contributed by atoms with van der Waals surface area (Å²) >= 11 is 5.55. The minimum Gasteiger partial charge on any atom is -0.207 e. The molecule has 0 heterocycles. The van der Waals surface area contributed by atoms with Crippen LogP contribution in [0.4, 0.5) is 8.78 Å². The molecule has 0 unspecified atom stereocenters. The van der Waals surface area contributed by atoms with E-state index in [0.29, 0.717) is 0 Å². The summed E-state index contributed by atoms with van der Waals surface area (Å²) in [5.74, 6) is -1.21. The molecule has 0 saturated heterocycles. The predicted molar refractivity (Wildman–Crippen MR) is 61.4 cm³/mol. The molecule has 0 saturated carbocycles. The number of hydrogen-bond acceptors (Lipinski definition) is 0. The van der Waals surface area contributed by atoms with E-state index in [1.807, 2.05) is 13.8 Å². The molecule has 1 rings (SSSR count). The number of halogens is 3. The standard InChI is InChI=1S/C10H11ClF2.C2H6/c1-10(2,3)8-7(12)5-4-6(11)9(8)13;1-2/h4-5H,1-3H3;1-2H3. The molecule has 0 bridgehead atoms. The predicted octanol–water partition coefficient (Wildman–Crippen LogP) is 4.94. The van der Waals surface area contributed by atoms with E-state index >= 15 is 0 Å². The molecule has 0 spiro atoms. The second-order valence-electron chi connectivity index (χ2n) is 3.97. The van der Waals surface area contributed by atoms with Gasteiger partial charge in [0, 0.05) is 5.56 Å². The normalized spacial score (nSPS) is 10.7. The van der Waals surface area contributed by atoms with Gasteiger partial charge in [-0.25, -0.2) is 8.78 Å². The molecule has 0 nitrogen and oxygen atoms in total. The van der Waals surface area contributed by atoms with Crippen LogP contribution in [0, 0.1) is 11.6 Å². The van der Waals surface area contributed by atoms with E-state index in [-0.39, 0.29) is 10.6 Å². The summed E-state index contributed by atoms with van der Waals surface area (Å²) in [4.78, 5) is 0. The fourth-order valence-corrected chi connectivity index (χ4v) is 1.37. The highest BCUT2D eigenvalue weighted by Gasteiger charge is 2.24. The van der Waals surface area contributed by atoms with Crippen molar-refractivity contribution < 1.29 is 8.78 Å². The minimum atomic E-state index is -0.658. The molecule has 1 aromatic rings. The Morgan fingerprint density at radius 3 is 1.87 bits per heavy atom. The van der Waals surface area contributed by atoms with Crippen molar-refractivity contribution in [2.45, 2.75) is 40.0 Å². The van der Waals surface area contributed by atoms with Crippen molar-refractivity contribution in [1.29, 1.82) is 0 Å². The third-order valence-corrected chi connectivity index (χ3v) is 2.09. The maximum Gasteiger partial charge on any atom is 0.148 e.